The highest BCUT2D eigenvalue weighted by Crippen LogP contribution is 2.32. The van der Waals surface area contributed by atoms with Crippen molar-refractivity contribution in [1.29, 1.82) is 0 Å². The van der Waals surface area contributed by atoms with E-state index in [1.165, 1.54) is 5.56 Å². The number of anilines is 2. The summed E-state index contributed by atoms with van der Waals surface area (Å²) >= 11 is 0. The molecule has 0 spiro atoms. The lowest BCUT2D eigenvalue weighted by molar-refractivity contribution is 0.122. The smallest absolute Gasteiger partial charge is 0.137 e. The molecule has 0 bridgehead atoms. The Morgan fingerprint density at radius 3 is 2.76 bits per heavy atom. The molecule has 8 heteroatoms. The molecule has 37 heavy (non-hydrogen) atoms. The second-order valence-corrected chi connectivity index (χ2v) is 10.3. The first-order chi connectivity index (χ1) is 18.1. The number of H-pyrrole nitrogens is 1. The van der Waals surface area contributed by atoms with Crippen LogP contribution in [-0.2, 0) is 17.7 Å². The summed E-state index contributed by atoms with van der Waals surface area (Å²) in [6.45, 7) is 10.1. The van der Waals surface area contributed by atoms with Crippen molar-refractivity contribution in [2.45, 2.75) is 33.2 Å². The van der Waals surface area contributed by atoms with Gasteiger partial charge in [-0.05, 0) is 48.7 Å². The fourth-order valence-electron chi connectivity index (χ4n) is 5.11. The number of fused-ring (bicyclic) bond motifs is 2. The maximum atomic E-state index is 5.96. The number of nitrogens with one attached hydrogen (secondary N) is 1. The molecule has 1 N–H and O–H groups in total. The van der Waals surface area contributed by atoms with Crippen LogP contribution in [0.1, 0.15) is 31.5 Å². The summed E-state index contributed by atoms with van der Waals surface area (Å²) in [7, 11) is 0. The number of rotatable bonds is 7. The van der Waals surface area contributed by atoms with Crippen LogP contribution < -0.4 is 14.5 Å². The molecule has 1 aromatic carbocycles. The monoisotopic (exact) mass is 498 g/mol. The summed E-state index contributed by atoms with van der Waals surface area (Å²) < 4.78 is 11.5. The van der Waals surface area contributed by atoms with Crippen molar-refractivity contribution >= 4 is 22.4 Å². The largest absolute Gasteiger partial charge is 0.494 e. The molecule has 4 aromatic rings. The maximum Gasteiger partial charge on any atom is 0.137 e. The SMILES string of the molecule is CC(C)CCOc1ccc2[nH]c(-c3cc(N4CCc5ncnc(N6CCOCC6)c5C4)ccn3)cc2c1. The molecule has 8 nitrogen and oxygen atoms in total. The van der Waals surface area contributed by atoms with Crippen molar-refractivity contribution < 1.29 is 9.47 Å². The van der Waals surface area contributed by atoms with E-state index in [1.807, 2.05) is 12.3 Å². The third-order valence-electron chi connectivity index (χ3n) is 7.23. The molecule has 0 aliphatic carbocycles. The number of nitrogens with zero attached hydrogens (tertiary/aromatic N) is 5. The first-order valence-corrected chi connectivity index (χ1v) is 13.3. The van der Waals surface area contributed by atoms with Gasteiger partial charge in [-0.15, -0.1) is 0 Å². The Morgan fingerprint density at radius 2 is 1.89 bits per heavy atom. The summed E-state index contributed by atoms with van der Waals surface area (Å²) in [6, 6.07) is 12.7. The lowest BCUT2D eigenvalue weighted by atomic mass is 10.0. The molecule has 6 rings (SSSR count). The van der Waals surface area contributed by atoms with Crippen LogP contribution in [0.2, 0.25) is 0 Å². The number of ether oxygens (including phenoxy) is 2. The van der Waals surface area contributed by atoms with Gasteiger partial charge in [-0.2, -0.15) is 0 Å². The summed E-state index contributed by atoms with van der Waals surface area (Å²) in [6.07, 6.45) is 5.56. The second-order valence-electron chi connectivity index (χ2n) is 10.3. The number of aromatic nitrogens is 4. The number of hydrogen-bond acceptors (Lipinski definition) is 7. The Morgan fingerprint density at radius 1 is 1.00 bits per heavy atom. The number of hydrogen-bond donors (Lipinski definition) is 1. The summed E-state index contributed by atoms with van der Waals surface area (Å²) in [5.41, 5.74) is 6.56. The minimum atomic E-state index is 0.632. The third kappa shape index (κ3) is 5.11. The molecule has 1 fully saturated rings. The van der Waals surface area contributed by atoms with Crippen LogP contribution >= 0.6 is 0 Å². The van der Waals surface area contributed by atoms with Gasteiger partial charge in [0.05, 0.1) is 36.9 Å². The Balaban J connectivity index is 1.23. The van der Waals surface area contributed by atoms with Crippen LogP contribution in [0.15, 0.2) is 48.9 Å². The zero-order valence-corrected chi connectivity index (χ0v) is 21.6. The molecule has 2 aliphatic heterocycles. The van der Waals surface area contributed by atoms with E-state index in [0.717, 1.165) is 104 Å². The predicted octanol–water partition coefficient (Wildman–Crippen LogP) is 4.84. The molecule has 5 heterocycles. The number of aromatic amines is 1. The normalized spacial score (nSPS) is 15.9. The van der Waals surface area contributed by atoms with Gasteiger partial charge in [0, 0.05) is 61.0 Å². The summed E-state index contributed by atoms with van der Waals surface area (Å²) in [5.74, 6) is 2.59. The molecule has 0 atom stereocenters. The van der Waals surface area contributed by atoms with E-state index in [-0.39, 0.29) is 0 Å². The zero-order chi connectivity index (χ0) is 25.2. The van der Waals surface area contributed by atoms with E-state index in [0.29, 0.717) is 5.92 Å². The van der Waals surface area contributed by atoms with E-state index in [4.69, 9.17) is 14.5 Å². The first kappa shape index (κ1) is 23.7. The van der Waals surface area contributed by atoms with Crippen molar-refractivity contribution in [3.05, 3.63) is 60.2 Å². The van der Waals surface area contributed by atoms with Gasteiger partial charge in [-0.1, -0.05) is 13.8 Å². The van der Waals surface area contributed by atoms with Crippen LogP contribution in [0.5, 0.6) is 5.75 Å². The van der Waals surface area contributed by atoms with Gasteiger partial charge in [0.2, 0.25) is 0 Å². The van der Waals surface area contributed by atoms with E-state index in [2.05, 4.69) is 68.9 Å². The fraction of sp³-hybridized carbons (Fsp3) is 0.414. The van der Waals surface area contributed by atoms with Crippen LogP contribution in [0, 0.1) is 5.92 Å². The molecule has 2 aliphatic rings. The van der Waals surface area contributed by atoms with E-state index >= 15 is 0 Å². The van der Waals surface area contributed by atoms with Crippen LogP contribution in [0.25, 0.3) is 22.3 Å². The topological polar surface area (TPSA) is 79.4 Å². The Hall–Kier alpha value is -3.65. The van der Waals surface area contributed by atoms with Crippen molar-refractivity contribution in [2.24, 2.45) is 5.92 Å². The highest BCUT2D eigenvalue weighted by atomic mass is 16.5. The number of benzene rings is 1. The van der Waals surface area contributed by atoms with Gasteiger partial charge in [-0.3, -0.25) is 4.98 Å². The highest BCUT2D eigenvalue weighted by molar-refractivity contribution is 5.86. The Kier molecular flexibility index (Phi) is 6.66. The average Bonchev–Trinajstić information content (AvgIpc) is 3.36. The molecule has 0 radical (unpaired) electrons. The van der Waals surface area contributed by atoms with Crippen LogP contribution in [-0.4, -0.2) is 59.4 Å². The predicted molar refractivity (Wildman–Crippen MR) is 146 cm³/mol. The lowest BCUT2D eigenvalue weighted by Crippen LogP contribution is -2.39. The minimum absolute atomic E-state index is 0.632. The van der Waals surface area contributed by atoms with Gasteiger partial charge in [0.15, 0.2) is 0 Å². The fourth-order valence-corrected chi connectivity index (χ4v) is 5.11. The Labute approximate surface area is 217 Å². The van der Waals surface area contributed by atoms with Crippen molar-refractivity contribution in [1.82, 2.24) is 19.9 Å². The zero-order valence-electron chi connectivity index (χ0n) is 21.6. The summed E-state index contributed by atoms with van der Waals surface area (Å²) in [4.78, 5) is 22.2. The molecule has 0 unspecified atom stereocenters. The van der Waals surface area contributed by atoms with Crippen LogP contribution in [0.4, 0.5) is 11.5 Å². The van der Waals surface area contributed by atoms with E-state index in [1.54, 1.807) is 6.33 Å². The number of pyridine rings is 1. The van der Waals surface area contributed by atoms with Gasteiger partial charge >= 0.3 is 0 Å². The van der Waals surface area contributed by atoms with Gasteiger partial charge < -0.3 is 24.3 Å². The maximum absolute atomic E-state index is 5.96. The standard InChI is InChI=1S/C29H34N6O2/c1-20(2)7-12-37-23-3-4-25-21(15-23)16-28(33-25)27-17-22(5-8-30-27)35-9-6-26-24(18-35)29(32-19-31-26)34-10-13-36-14-11-34/h3-5,8,15-17,19-20,33H,6-7,9-14,18H2,1-2H3. The molecule has 192 valence electrons. The Bertz CT molecular complexity index is 1380. The third-order valence-corrected chi connectivity index (χ3v) is 7.23. The summed E-state index contributed by atoms with van der Waals surface area (Å²) in [5, 5.41) is 1.13. The quantitative estimate of drug-likeness (QED) is 0.390. The molecule has 1 saturated heterocycles. The first-order valence-electron chi connectivity index (χ1n) is 13.3. The van der Waals surface area contributed by atoms with Gasteiger partial charge in [0.1, 0.15) is 17.9 Å². The number of morpholine rings is 1. The molecular formula is C29H34N6O2. The molecule has 0 amide bonds. The average molecular weight is 499 g/mol. The van der Waals surface area contributed by atoms with Crippen molar-refractivity contribution in [2.75, 3.05) is 49.3 Å². The van der Waals surface area contributed by atoms with Gasteiger partial charge in [-0.25, -0.2) is 9.97 Å². The van der Waals surface area contributed by atoms with Crippen LogP contribution in [0.3, 0.4) is 0 Å². The minimum Gasteiger partial charge on any atom is -0.494 e. The van der Waals surface area contributed by atoms with Crippen molar-refractivity contribution in [3.8, 4) is 17.1 Å². The van der Waals surface area contributed by atoms with E-state index < -0.39 is 0 Å². The lowest BCUT2D eigenvalue weighted by Gasteiger charge is -2.35. The van der Waals surface area contributed by atoms with Gasteiger partial charge in [0.25, 0.3) is 0 Å². The highest BCUT2D eigenvalue weighted by Gasteiger charge is 2.25. The second kappa shape index (κ2) is 10.4. The molecular weight excluding hydrogens is 464 g/mol. The molecule has 3 aromatic heterocycles. The molecule has 0 saturated carbocycles. The van der Waals surface area contributed by atoms with Crippen molar-refractivity contribution in [3.63, 3.8) is 0 Å². The van der Waals surface area contributed by atoms with E-state index in [9.17, 15) is 0 Å².